The van der Waals surface area contributed by atoms with Crippen LogP contribution in [0, 0.1) is 25.5 Å². The number of amides is 2. The minimum Gasteiger partial charge on any atom is -0.508 e. The molecule has 41 heavy (non-hydrogen) atoms. The van der Waals surface area contributed by atoms with Gasteiger partial charge in [0.1, 0.15) is 23.4 Å². The molecule has 1 saturated heterocycles. The van der Waals surface area contributed by atoms with Crippen molar-refractivity contribution in [3.05, 3.63) is 94.6 Å². The Morgan fingerprint density at radius 1 is 0.951 bits per heavy atom. The number of primary amides is 1. The molecular formula is C32H38F2N4O3. The SMILES string of the molecule is Cc1cc(O)cc(C)c1NC(=O)CN1CCN(CCCCC(c2ccc(F)cc2)c2ccc(F)cc2)C(C(N)=O)C1. The van der Waals surface area contributed by atoms with Crippen molar-refractivity contribution in [2.45, 2.75) is 45.1 Å². The van der Waals surface area contributed by atoms with Gasteiger partial charge in [-0.25, -0.2) is 8.78 Å². The molecule has 0 aliphatic carbocycles. The van der Waals surface area contributed by atoms with Gasteiger partial charge < -0.3 is 16.2 Å². The number of carbonyl (C=O) groups excluding carboxylic acids is 2. The van der Waals surface area contributed by atoms with Crippen LogP contribution in [-0.4, -0.2) is 65.5 Å². The van der Waals surface area contributed by atoms with E-state index in [0.29, 0.717) is 31.9 Å². The van der Waals surface area contributed by atoms with Crippen molar-refractivity contribution in [2.75, 3.05) is 38.0 Å². The highest BCUT2D eigenvalue weighted by Crippen LogP contribution is 2.30. The molecule has 9 heteroatoms. The standard InChI is InChI=1S/C32H38F2N4O3/c1-21-17-27(39)18-22(2)31(21)36-30(40)20-37-15-16-38(29(19-37)32(35)41)14-4-3-5-28(23-6-10-25(33)11-7-23)24-8-12-26(34)13-9-24/h6-13,17-18,28-29,39H,3-5,14-16,19-20H2,1-2H3,(H2,35,41)(H,36,40). The van der Waals surface area contributed by atoms with E-state index in [1.807, 2.05) is 18.7 Å². The van der Waals surface area contributed by atoms with Crippen molar-refractivity contribution in [3.63, 3.8) is 0 Å². The fourth-order valence-electron chi connectivity index (χ4n) is 5.66. The molecule has 1 heterocycles. The molecule has 7 nitrogen and oxygen atoms in total. The summed E-state index contributed by atoms with van der Waals surface area (Å²) in [5, 5.41) is 12.7. The van der Waals surface area contributed by atoms with Crippen LogP contribution in [0.5, 0.6) is 5.75 Å². The molecule has 0 bridgehead atoms. The Labute approximate surface area is 240 Å². The lowest BCUT2D eigenvalue weighted by molar-refractivity contribution is -0.127. The number of carbonyl (C=O) groups is 2. The molecule has 1 unspecified atom stereocenters. The maximum Gasteiger partial charge on any atom is 0.238 e. The number of unbranched alkanes of at least 4 members (excludes halogenated alkanes) is 1. The first-order valence-corrected chi connectivity index (χ1v) is 14.0. The molecule has 3 aromatic carbocycles. The summed E-state index contributed by atoms with van der Waals surface area (Å²) in [6.45, 7) is 6.06. The number of aromatic hydroxyl groups is 1. The summed E-state index contributed by atoms with van der Waals surface area (Å²) in [6, 6.07) is 15.5. The second kappa shape index (κ2) is 13.7. The van der Waals surface area contributed by atoms with E-state index in [9.17, 15) is 23.5 Å². The van der Waals surface area contributed by atoms with Crippen molar-refractivity contribution in [2.24, 2.45) is 5.73 Å². The Kier molecular flexibility index (Phi) is 10.1. The van der Waals surface area contributed by atoms with E-state index in [-0.39, 0.29) is 35.8 Å². The Hall–Kier alpha value is -3.82. The normalized spacial score (nSPS) is 16.2. The number of phenolic OH excluding ortho intramolecular Hbond substituents is 1. The molecule has 4 rings (SSSR count). The van der Waals surface area contributed by atoms with Crippen molar-refractivity contribution < 1.29 is 23.5 Å². The van der Waals surface area contributed by atoms with Gasteiger partial charge in [-0.15, -0.1) is 0 Å². The van der Waals surface area contributed by atoms with E-state index in [1.54, 1.807) is 36.4 Å². The molecule has 0 radical (unpaired) electrons. The summed E-state index contributed by atoms with van der Waals surface area (Å²) in [7, 11) is 0. The van der Waals surface area contributed by atoms with Crippen molar-refractivity contribution >= 4 is 17.5 Å². The number of halogens is 2. The maximum absolute atomic E-state index is 13.5. The summed E-state index contributed by atoms with van der Waals surface area (Å²) < 4.78 is 27.1. The van der Waals surface area contributed by atoms with Crippen molar-refractivity contribution in [1.82, 2.24) is 9.80 Å². The zero-order valence-electron chi connectivity index (χ0n) is 23.6. The molecule has 0 saturated carbocycles. The smallest absolute Gasteiger partial charge is 0.238 e. The lowest BCUT2D eigenvalue weighted by atomic mass is 9.87. The fraction of sp³-hybridized carbons (Fsp3) is 0.375. The van der Waals surface area contributed by atoms with Crippen LogP contribution in [0.25, 0.3) is 0 Å². The number of benzene rings is 3. The van der Waals surface area contributed by atoms with Crippen LogP contribution >= 0.6 is 0 Å². The molecule has 1 aliphatic heterocycles. The highest BCUT2D eigenvalue weighted by Gasteiger charge is 2.31. The average Bonchev–Trinajstić information content (AvgIpc) is 2.92. The second-order valence-corrected chi connectivity index (χ2v) is 10.8. The number of phenols is 1. The van der Waals surface area contributed by atoms with Crippen LogP contribution in [0.1, 0.15) is 47.4 Å². The van der Waals surface area contributed by atoms with Gasteiger partial charge in [0.25, 0.3) is 0 Å². The van der Waals surface area contributed by atoms with Gasteiger partial charge in [0.05, 0.1) is 6.54 Å². The second-order valence-electron chi connectivity index (χ2n) is 10.8. The number of nitrogens with one attached hydrogen (secondary N) is 1. The van der Waals surface area contributed by atoms with E-state index in [4.69, 9.17) is 5.73 Å². The molecule has 218 valence electrons. The third-order valence-electron chi connectivity index (χ3n) is 7.79. The average molecular weight is 565 g/mol. The monoisotopic (exact) mass is 564 g/mol. The van der Waals surface area contributed by atoms with Crippen LogP contribution in [0.2, 0.25) is 0 Å². The van der Waals surface area contributed by atoms with Crippen LogP contribution in [-0.2, 0) is 9.59 Å². The Morgan fingerprint density at radius 2 is 1.51 bits per heavy atom. The predicted molar refractivity (Wildman–Crippen MR) is 156 cm³/mol. The van der Waals surface area contributed by atoms with Gasteiger partial charge >= 0.3 is 0 Å². The first-order chi connectivity index (χ1) is 19.6. The summed E-state index contributed by atoms with van der Waals surface area (Å²) in [4.78, 5) is 29.1. The van der Waals surface area contributed by atoms with Gasteiger partial charge in [-0.2, -0.15) is 0 Å². The van der Waals surface area contributed by atoms with Gasteiger partial charge in [0.15, 0.2) is 0 Å². The summed E-state index contributed by atoms with van der Waals surface area (Å²) >= 11 is 0. The van der Waals surface area contributed by atoms with Crippen LogP contribution in [0.15, 0.2) is 60.7 Å². The molecule has 2 amide bonds. The zero-order chi connectivity index (χ0) is 29.5. The van der Waals surface area contributed by atoms with Gasteiger partial charge in [0, 0.05) is 31.2 Å². The molecule has 1 atom stereocenters. The Morgan fingerprint density at radius 3 is 2.05 bits per heavy atom. The van der Waals surface area contributed by atoms with Crippen LogP contribution in [0.4, 0.5) is 14.5 Å². The van der Waals surface area contributed by atoms with Gasteiger partial charge in [0.2, 0.25) is 11.8 Å². The number of rotatable bonds is 11. The van der Waals surface area contributed by atoms with Gasteiger partial charge in [-0.05, 0) is 91.9 Å². The van der Waals surface area contributed by atoms with Crippen LogP contribution in [0.3, 0.4) is 0 Å². The van der Waals surface area contributed by atoms with E-state index in [1.165, 1.54) is 24.3 Å². The summed E-state index contributed by atoms with van der Waals surface area (Å²) in [5.74, 6) is -1.06. The highest BCUT2D eigenvalue weighted by atomic mass is 19.1. The number of aryl methyl sites for hydroxylation is 2. The molecule has 0 spiro atoms. The van der Waals surface area contributed by atoms with Gasteiger partial charge in [-0.3, -0.25) is 19.4 Å². The minimum atomic E-state index is -0.501. The number of anilines is 1. The highest BCUT2D eigenvalue weighted by molar-refractivity contribution is 5.94. The van der Waals surface area contributed by atoms with Gasteiger partial charge in [-0.1, -0.05) is 30.7 Å². The number of hydrogen-bond acceptors (Lipinski definition) is 5. The number of hydrogen-bond donors (Lipinski definition) is 3. The predicted octanol–water partition coefficient (Wildman–Crippen LogP) is 4.70. The van der Waals surface area contributed by atoms with E-state index in [2.05, 4.69) is 10.2 Å². The molecular weight excluding hydrogens is 526 g/mol. The lowest BCUT2D eigenvalue weighted by Gasteiger charge is -2.39. The third-order valence-corrected chi connectivity index (χ3v) is 7.79. The number of nitrogens with zero attached hydrogens (tertiary/aromatic N) is 2. The third kappa shape index (κ3) is 8.11. The summed E-state index contributed by atoms with van der Waals surface area (Å²) in [5.41, 5.74) is 9.93. The molecule has 1 aliphatic rings. The summed E-state index contributed by atoms with van der Waals surface area (Å²) in [6.07, 6.45) is 2.45. The largest absolute Gasteiger partial charge is 0.508 e. The van der Waals surface area contributed by atoms with Crippen molar-refractivity contribution in [3.8, 4) is 5.75 Å². The first kappa shape index (κ1) is 30.1. The van der Waals surface area contributed by atoms with E-state index < -0.39 is 11.9 Å². The fourth-order valence-corrected chi connectivity index (χ4v) is 5.66. The quantitative estimate of drug-likeness (QED) is 0.232. The van der Waals surface area contributed by atoms with E-state index in [0.717, 1.165) is 41.5 Å². The van der Waals surface area contributed by atoms with E-state index >= 15 is 0 Å². The molecule has 1 fully saturated rings. The zero-order valence-corrected chi connectivity index (χ0v) is 23.6. The molecule has 0 aromatic heterocycles. The van der Waals surface area contributed by atoms with Crippen molar-refractivity contribution in [1.29, 1.82) is 0 Å². The topological polar surface area (TPSA) is 98.9 Å². The van der Waals surface area contributed by atoms with Crippen LogP contribution < -0.4 is 11.1 Å². The molecule has 3 aromatic rings. The maximum atomic E-state index is 13.5. The Bertz CT molecular complexity index is 1280. The minimum absolute atomic E-state index is 0.000600. The first-order valence-electron chi connectivity index (χ1n) is 14.0. The number of nitrogens with two attached hydrogens (primary N) is 1. The lowest BCUT2D eigenvalue weighted by Crippen LogP contribution is -2.59. The number of piperazine rings is 1. The Balaban J connectivity index is 1.31. The molecule has 4 N–H and O–H groups in total.